The number of ether oxygens (including phenoxy) is 2. The van der Waals surface area contributed by atoms with Gasteiger partial charge in [0.25, 0.3) is 0 Å². The first-order valence-electron chi connectivity index (χ1n) is 9.00. The van der Waals surface area contributed by atoms with Gasteiger partial charge in [-0.2, -0.15) is 0 Å². The molecule has 28 heavy (non-hydrogen) atoms. The number of halogens is 1. The molecule has 0 saturated heterocycles. The highest BCUT2D eigenvalue weighted by Crippen LogP contribution is 2.28. The third-order valence-corrected chi connectivity index (χ3v) is 5.37. The quantitative estimate of drug-likeness (QED) is 0.619. The van der Waals surface area contributed by atoms with Gasteiger partial charge in [-0.1, -0.05) is 6.07 Å². The van der Waals surface area contributed by atoms with Gasteiger partial charge in [-0.25, -0.2) is 9.97 Å². The molecule has 0 atom stereocenters. The topological polar surface area (TPSA) is 64.5 Å². The predicted octanol–water partition coefficient (Wildman–Crippen LogP) is 3.54. The van der Waals surface area contributed by atoms with Crippen LogP contribution < -0.4 is 9.47 Å². The van der Waals surface area contributed by atoms with Crippen LogP contribution in [0.1, 0.15) is 16.8 Å². The normalized spacial score (nSPS) is 13.3. The van der Waals surface area contributed by atoms with E-state index in [1.54, 1.807) is 20.4 Å². The molecule has 3 aromatic rings. The van der Waals surface area contributed by atoms with E-state index in [1.165, 1.54) is 0 Å². The third-order valence-electron chi connectivity index (χ3n) is 4.94. The van der Waals surface area contributed by atoms with Gasteiger partial charge in [-0.3, -0.25) is 4.79 Å². The average molecular weight is 442 g/mol. The largest absolute Gasteiger partial charge is 0.493 e. The lowest BCUT2D eigenvalue weighted by Crippen LogP contribution is -2.37. The van der Waals surface area contributed by atoms with E-state index in [1.807, 2.05) is 29.2 Å². The predicted molar refractivity (Wildman–Crippen MR) is 110 cm³/mol. The summed E-state index contributed by atoms with van der Waals surface area (Å²) in [7, 11) is 3.19. The van der Waals surface area contributed by atoms with Crippen molar-refractivity contribution in [2.45, 2.75) is 19.4 Å². The Morgan fingerprint density at radius 2 is 2.00 bits per heavy atom. The Bertz CT molecular complexity index is 1050. The van der Waals surface area contributed by atoms with Crippen LogP contribution in [0.2, 0.25) is 0 Å². The van der Waals surface area contributed by atoms with Crippen LogP contribution in [0, 0.1) is 0 Å². The van der Waals surface area contributed by atoms with E-state index in [2.05, 4.69) is 32.0 Å². The van der Waals surface area contributed by atoms with E-state index in [0.717, 1.165) is 38.7 Å². The number of benzene rings is 1. The van der Waals surface area contributed by atoms with Crippen molar-refractivity contribution in [3.8, 4) is 11.5 Å². The van der Waals surface area contributed by atoms with Gasteiger partial charge in [0.05, 0.1) is 20.6 Å². The fraction of sp³-hybridized carbons (Fsp3) is 0.286. The van der Waals surface area contributed by atoms with Crippen LogP contribution in [-0.2, 0) is 24.2 Å². The molecule has 6 nitrogen and oxygen atoms in total. The number of methoxy groups -OCH3 is 2. The summed E-state index contributed by atoms with van der Waals surface area (Å²) in [5, 5.41) is 0.974. The number of aromatic nitrogens is 2. The van der Waals surface area contributed by atoms with Crippen LogP contribution in [0.25, 0.3) is 11.0 Å². The molecule has 1 aliphatic heterocycles. The highest BCUT2D eigenvalue weighted by Gasteiger charge is 2.23. The SMILES string of the molecule is COc1ccc(CC(=O)N2CCc3nc4ncc(Br)cc4cc3C2)cc1OC. The maximum absolute atomic E-state index is 12.9. The van der Waals surface area contributed by atoms with Crippen LogP contribution >= 0.6 is 15.9 Å². The number of nitrogens with zero attached hydrogens (tertiary/aromatic N) is 3. The second-order valence-corrected chi connectivity index (χ2v) is 7.64. The lowest BCUT2D eigenvalue weighted by atomic mass is 10.0. The minimum absolute atomic E-state index is 0.0883. The van der Waals surface area contributed by atoms with Gasteiger partial charge >= 0.3 is 0 Å². The number of amides is 1. The molecule has 0 fully saturated rings. The van der Waals surface area contributed by atoms with Gasteiger partial charge in [0, 0.05) is 41.3 Å². The van der Waals surface area contributed by atoms with E-state index < -0.39 is 0 Å². The molecule has 0 radical (unpaired) electrons. The second kappa shape index (κ2) is 7.75. The van der Waals surface area contributed by atoms with Crippen molar-refractivity contribution in [3.05, 3.63) is 57.8 Å². The molecule has 0 aliphatic carbocycles. The summed E-state index contributed by atoms with van der Waals surface area (Å²) < 4.78 is 11.5. The van der Waals surface area contributed by atoms with E-state index in [0.29, 0.717) is 31.0 Å². The Kier molecular flexibility index (Phi) is 5.17. The number of hydrogen-bond acceptors (Lipinski definition) is 5. The summed E-state index contributed by atoms with van der Waals surface area (Å²) in [5.41, 5.74) is 3.75. The molecule has 2 aromatic heterocycles. The first kappa shape index (κ1) is 18.7. The second-order valence-electron chi connectivity index (χ2n) is 6.73. The summed E-state index contributed by atoms with van der Waals surface area (Å²) in [5.74, 6) is 1.37. The summed E-state index contributed by atoms with van der Waals surface area (Å²) in [4.78, 5) is 23.8. The van der Waals surface area contributed by atoms with Crippen molar-refractivity contribution in [2.24, 2.45) is 0 Å². The minimum Gasteiger partial charge on any atom is -0.493 e. The first-order chi connectivity index (χ1) is 13.6. The van der Waals surface area contributed by atoms with Gasteiger partial charge in [0.1, 0.15) is 0 Å². The summed E-state index contributed by atoms with van der Waals surface area (Å²) in [6.45, 7) is 1.23. The van der Waals surface area contributed by atoms with Crippen molar-refractivity contribution < 1.29 is 14.3 Å². The standard InChI is InChI=1S/C21H20BrN3O3/c1-27-18-4-3-13(7-19(18)28-2)8-20(26)25-6-5-17-15(12-25)9-14-10-16(22)11-23-21(14)24-17/h3-4,7,9-11H,5-6,8,12H2,1-2H3. The highest BCUT2D eigenvalue weighted by atomic mass is 79.9. The molecule has 1 aliphatic rings. The van der Waals surface area contributed by atoms with E-state index in [4.69, 9.17) is 9.47 Å². The Balaban J connectivity index is 1.53. The smallest absolute Gasteiger partial charge is 0.227 e. The lowest BCUT2D eigenvalue weighted by molar-refractivity contribution is -0.131. The van der Waals surface area contributed by atoms with Crippen LogP contribution in [0.15, 0.2) is 41.0 Å². The molecule has 0 saturated carbocycles. The molecule has 1 aromatic carbocycles. The van der Waals surface area contributed by atoms with Crippen molar-refractivity contribution in [2.75, 3.05) is 20.8 Å². The van der Waals surface area contributed by atoms with Gasteiger partial charge in [-0.15, -0.1) is 0 Å². The molecule has 1 amide bonds. The van der Waals surface area contributed by atoms with E-state index in [-0.39, 0.29) is 5.91 Å². The van der Waals surface area contributed by atoms with Crippen LogP contribution in [0.3, 0.4) is 0 Å². The van der Waals surface area contributed by atoms with Crippen molar-refractivity contribution >= 4 is 32.9 Å². The molecule has 7 heteroatoms. The number of carbonyl (C=O) groups is 1. The number of pyridine rings is 2. The fourth-order valence-corrected chi connectivity index (χ4v) is 3.84. The van der Waals surface area contributed by atoms with Crippen LogP contribution in [0.4, 0.5) is 0 Å². The molecular weight excluding hydrogens is 422 g/mol. The molecule has 0 N–H and O–H groups in total. The lowest BCUT2D eigenvalue weighted by Gasteiger charge is -2.28. The Morgan fingerprint density at radius 1 is 1.18 bits per heavy atom. The van der Waals surface area contributed by atoms with Crippen molar-refractivity contribution in [1.29, 1.82) is 0 Å². The Morgan fingerprint density at radius 3 is 2.79 bits per heavy atom. The highest BCUT2D eigenvalue weighted by molar-refractivity contribution is 9.10. The van der Waals surface area contributed by atoms with Gasteiger partial charge in [-0.05, 0) is 51.3 Å². The molecule has 4 rings (SSSR count). The van der Waals surface area contributed by atoms with E-state index >= 15 is 0 Å². The molecule has 0 unspecified atom stereocenters. The fourth-order valence-electron chi connectivity index (χ4n) is 3.49. The molecule has 0 spiro atoms. The number of hydrogen-bond donors (Lipinski definition) is 0. The van der Waals surface area contributed by atoms with Crippen LogP contribution in [-0.4, -0.2) is 41.5 Å². The van der Waals surface area contributed by atoms with Gasteiger partial charge in [0.2, 0.25) is 5.91 Å². The maximum Gasteiger partial charge on any atom is 0.227 e. The molecule has 144 valence electrons. The molecule has 3 heterocycles. The van der Waals surface area contributed by atoms with Crippen molar-refractivity contribution in [1.82, 2.24) is 14.9 Å². The minimum atomic E-state index is 0.0883. The van der Waals surface area contributed by atoms with Crippen LogP contribution in [0.5, 0.6) is 11.5 Å². The summed E-state index contributed by atoms with van der Waals surface area (Å²) in [6.07, 6.45) is 2.81. The number of carbonyl (C=O) groups excluding carboxylic acids is 1. The van der Waals surface area contributed by atoms with E-state index in [9.17, 15) is 4.79 Å². The van der Waals surface area contributed by atoms with Crippen molar-refractivity contribution in [3.63, 3.8) is 0 Å². The number of fused-ring (bicyclic) bond motifs is 2. The monoisotopic (exact) mass is 441 g/mol. The first-order valence-corrected chi connectivity index (χ1v) is 9.79. The Hall–Kier alpha value is -2.67. The number of rotatable bonds is 4. The van der Waals surface area contributed by atoms with Gasteiger partial charge < -0.3 is 14.4 Å². The molecule has 0 bridgehead atoms. The Labute approximate surface area is 171 Å². The zero-order valence-electron chi connectivity index (χ0n) is 15.7. The van der Waals surface area contributed by atoms with Gasteiger partial charge in [0.15, 0.2) is 17.1 Å². The summed E-state index contributed by atoms with van der Waals surface area (Å²) in [6, 6.07) is 9.67. The zero-order valence-corrected chi connectivity index (χ0v) is 17.3. The average Bonchev–Trinajstić information content (AvgIpc) is 2.71. The summed E-state index contributed by atoms with van der Waals surface area (Å²) >= 11 is 3.45. The maximum atomic E-state index is 12.9. The zero-order chi connectivity index (χ0) is 19.7. The molecular formula is C21H20BrN3O3. The third kappa shape index (κ3) is 3.67.